The van der Waals surface area contributed by atoms with Crippen molar-refractivity contribution in [2.45, 2.75) is 25.9 Å². The topological polar surface area (TPSA) is 12.0 Å². The van der Waals surface area contributed by atoms with Crippen molar-refractivity contribution in [2.24, 2.45) is 0 Å². The van der Waals surface area contributed by atoms with E-state index in [9.17, 15) is 4.39 Å². The van der Waals surface area contributed by atoms with E-state index < -0.39 is 0 Å². The SMILES string of the molecule is CC(Cc1ccc(Cl)cc1)NCc1ccc(Br)c(F)c1. The van der Waals surface area contributed by atoms with Crippen LogP contribution >= 0.6 is 27.5 Å². The third-order valence-electron chi connectivity index (χ3n) is 3.09. The van der Waals surface area contributed by atoms with Crippen LogP contribution in [0.15, 0.2) is 46.9 Å². The quantitative estimate of drug-likeness (QED) is 0.798. The molecule has 0 saturated heterocycles. The second-order valence-corrected chi connectivity index (χ2v) is 6.15. The molecular formula is C16H16BrClFN. The Kier molecular flexibility index (Phi) is 5.58. The molecule has 0 heterocycles. The maximum absolute atomic E-state index is 13.4. The van der Waals surface area contributed by atoms with Gasteiger partial charge in [0.25, 0.3) is 0 Å². The largest absolute Gasteiger partial charge is 0.310 e. The molecule has 1 nitrogen and oxygen atoms in total. The van der Waals surface area contributed by atoms with Crippen molar-refractivity contribution < 1.29 is 4.39 Å². The Balaban J connectivity index is 1.86. The summed E-state index contributed by atoms with van der Waals surface area (Å²) >= 11 is 9.02. The summed E-state index contributed by atoms with van der Waals surface area (Å²) in [5.41, 5.74) is 2.17. The molecule has 0 aliphatic carbocycles. The van der Waals surface area contributed by atoms with Crippen LogP contribution < -0.4 is 5.32 Å². The van der Waals surface area contributed by atoms with E-state index in [2.05, 4.69) is 28.2 Å². The van der Waals surface area contributed by atoms with Crippen LogP contribution in [0.5, 0.6) is 0 Å². The number of rotatable bonds is 5. The van der Waals surface area contributed by atoms with Crippen LogP contribution in [-0.2, 0) is 13.0 Å². The molecule has 20 heavy (non-hydrogen) atoms. The van der Waals surface area contributed by atoms with E-state index in [1.54, 1.807) is 12.1 Å². The highest BCUT2D eigenvalue weighted by atomic mass is 79.9. The number of nitrogens with one attached hydrogen (secondary N) is 1. The fraction of sp³-hybridized carbons (Fsp3) is 0.250. The zero-order chi connectivity index (χ0) is 14.5. The first-order valence-electron chi connectivity index (χ1n) is 6.46. The van der Waals surface area contributed by atoms with Gasteiger partial charge in [-0.3, -0.25) is 0 Å². The van der Waals surface area contributed by atoms with Crippen molar-refractivity contribution in [3.05, 3.63) is 68.9 Å². The van der Waals surface area contributed by atoms with E-state index in [4.69, 9.17) is 11.6 Å². The Bertz CT molecular complexity index is 571. The molecule has 1 atom stereocenters. The molecule has 0 spiro atoms. The zero-order valence-corrected chi connectivity index (χ0v) is 13.5. The highest BCUT2D eigenvalue weighted by Crippen LogP contribution is 2.16. The number of hydrogen-bond donors (Lipinski definition) is 1. The summed E-state index contributed by atoms with van der Waals surface area (Å²) in [6, 6.07) is 13.3. The normalized spacial score (nSPS) is 12.4. The molecule has 0 radical (unpaired) electrons. The molecule has 2 rings (SSSR count). The second kappa shape index (κ2) is 7.21. The van der Waals surface area contributed by atoms with E-state index in [0.29, 0.717) is 17.1 Å². The Morgan fingerprint density at radius 3 is 2.45 bits per heavy atom. The van der Waals surface area contributed by atoms with E-state index in [-0.39, 0.29) is 5.82 Å². The van der Waals surface area contributed by atoms with Gasteiger partial charge in [-0.25, -0.2) is 4.39 Å². The number of halogens is 3. The van der Waals surface area contributed by atoms with E-state index >= 15 is 0 Å². The Labute approximate surface area is 132 Å². The maximum Gasteiger partial charge on any atom is 0.137 e. The predicted molar refractivity (Wildman–Crippen MR) is 85.6 cm³/mol. The maximum atomic E-state index is 13.4. The summed E-state index contributed by atoms with van der Waals surface area (Å²) in [5.74, 6) is -0.227. The second-order valence-electron chi connectivity index (χ2n) is 4.86. The molecule has 0 aliphatic rings. The molecule has 0 aliphatic heterocycles. The molecular weight excluding hydrogens is 341 g/mol. The van der Waals surface area contributed by atoms with Crippen LogP contribution in [-0.4, -0.2) is 6.04 Å². The summed E-state index contributed by atoms with van der Waals surface area (Å²) in [4.78, 5) is 0. The van der Waals surface area contributed by atoms with Gasteiger partial charge >= 0.3 is 0 Å². The van der Waals surface area contributed by atoms with Gasteiger partial charge < -0.3 is 5.32 Å². The molecule has 0 amide bonds. The molecule has 2 aromatic rings. The van der Waals surface area contributed by atoms with Crippen LogP contribution in [0.4, 0.5) is 4.39 Å². The lowest BCUT2D eigenvalue weighted by Gasteiger charge is -2.14. The third-order valence-corrected chi connectivity index (χ3v) is 3.99. The third kappa shape index (κ3) is 4.58. The molecule has 1 N–H and O–H groups in total. The number of hydrogen-bond acceptors (Lipinski definition) is 1. The van der Waals surface area contributed by atoms with Crippen molar-refractivity contribution in [3.8, 4) is 0 Å². The van der Waals surface area contributed by atoms with Gasteiger partial charge in [0.05, 0.1) is 4.47 Å². The molecule has 2 aromatic carbocycles. The predicted octanol–water partition coefficient (Wildman–Crippen LogP) is 4.96. The van der Waals surface area contributed by atoms with E-state index in [1.807, 2.05) is 30.3 Å². The van der Waals surface area contributed by atoms with Crippen molar-refractivity contribution in [2.75, 3.05) is 0 Å². The Morgan fingerprint density at radius 1 is 1.15 bits per heavy atom. The van der Waals surface area contributed by atoms with Gasteiger partial charge in [0.15, 0.2) is 0 Å². The van der Waals surface area contributed by atoms with Crippen LogP contribution in [0, 0.1) is 5.82 Å². The lowest BCUT2D eigenvalue weighted by Crippen LogP contribution is -2.27. The van der Waals surface area contributed by atoms with Gasteiger partial charge in [-0.1, -0.05) is 29.8 Å². The van der Waals surface area contributed by atoms with Gasteiger partial charge in [0, 0.05) is 17.6 Å². The molecule has 0 bridgehead atoms. The van der Waals surface area contributed by atoms with Crippen molar-refractivity contribution in [3.63, 3.8) is 0 Å². The van der Waals surface area contributed by atoms with Gasteiger partial charge in [-0.05, 0) is 64.7 Å². The number of benzene rings is 2. The lowest BCUT2D eigenvalue weighted by atomic mass is 10.1. The highest BCUT2D eigenvalue weighted by Gasteiger charge is 2.05. The Morgan fingerprint density at radius 2 is 1.80 bits per heavy atom. The van der Waals surface area contributed by atoms with Crippen LogP contribution in [0.25, 0.3) is 0 Å². The summed E-state index contributed by atoms with van der Waals surface area (Å²) in [5, 5.41) is 4.14. The fourth-order valence-electron chi connectivity index (χ4n) is 1.99. The molecule has 0 aromatic heterocycles. The molecule has 0 saturated carbocycles. The van der Waals surface area contributed by atoms with Crippen molar-refractivity contribution >= 4 is 27.5 Å². The van der Waals surface area contributed by atoms with Crippen molar-refractivity contribution in [1.29, 1.82) is 0 Å². The summed E-state index contributed by atoms with van der Waals surface area (Å²) in [6.45, 7) is 2.77. The first-order valence-corrected chi connectivity index (χ1v) is 7.63. The zero-order valence-electron chi connectivity index (χ0n) is 11.2. The molecule has 0 fully saturated rings. The molecule has 1 unspecified atom stereocenters. The minimum atomic E-state index is -0.227. The summed E-state index contributed by atoms with van der Waals surface area (Å²) < 4.78 is 13.9. The van der Waals surface area contributed by atoms with Crippen LogP contribution in [0.3, 0.4) is 0 Å². The average molecular weight is 357 g/mol. The van der Waals surface area contributed by atoms with Crippen LogP contribution in [0.1, 0.15) is 18.1 Å². The Hall–Kier alpha value is -0.900. The molecule has 4 heteroatoms. The van der Waals surface area contributed by atoms with Gasteiger partial charge in [-0.2, -0.15) is 0 Å². The highest BCUT2D eigenvalue weighted by molar-refractivity contribution is 9.10. The van der Waals surface area contributed by atoms with E-state index in [1.165, 1.54) is 5.56 Å². The van der Waals surface area contributed by atoms with E-state index in [0.717, 1.165) is 17.0 Å². The minimum Gasteiger partial charge on any atom is -0.310 e. The van der Waals surface area contributed by atoms with Crippen LogP contribution in [0.2, 0.25) is 5.02 Å². The monoisotopic (exact) mass is 355 g/mol. The lowest BCUT2D eigenvalue weighted by molar-refractivity contribution is 0.542. The van der Waals surface area contributed by atoms with Gasteiger partial charge in [0.2, 0.25) is 0 Å². The first-order chi connectivity index (χ1) is 9.54. The summed E-state index contributed by atoms with van der Waals surface area (Å²) in [7, 11) is 0. The van der Waals surface area contributed by atoms with Crippen molar-refractivity contribution in [1.82, 2.24) is 5.32 Å². The smallest absolute Gasteiger partial charge is 0.137 e. The minimum absolute atomic E-state index is 0.227. The van der Waals surface area contributed by atoms with Gasteiger partial charge in [0.1, 0.15) is 5.82 Å². The molecule has 106 valence electrons. The summed E-state index contributed by atoms with van der Waals surface area (Å²) in [6.07, 6.45) is 0.913. The standard InChI is InChI=1S/C16H16BrClFN/c1-11(8-12-2-5-14(18)6-3-12)20-10-13-4-7-15(17)16(19)9-13/h2-7,9,11,20H,8,10H2,1H3. The fourth-order valence-corrected chi connectivity index (χ4v) is 2.36. The van der Waals surface area contributed by atoms with Gasteiger partial charge in [-0.15, -0.1) is 0 Å². The first kappa shape index (κ1) is 15.5. The average Bonchev–Trinajstić information content (AvgIpc) is 2.43.